The first-order chi connectivity index (χ1) is 11.6. The average molecular weight is 339 g/mol. The van der Waals surface area contributed by atoms with Gasteiger partial charge in [-0.3, -0.25) is 4.98 Å². The topological polar surface area (TPSA) is 74.0 Å². The molecular formula is C18H17N3O2S. The summed E-state index contributed by atoms with van der Waals surface area (Å²) in [7, 11) is 0. The van der Waals surface area contributed by atoms with E-state index in [9.17, 15) is 9.66 Å². The Morgan fingerprint density at radius 1 is 1.12 bits per heavy atom. The summed E-state index contributed by atoms with van der Waals surface area (Å²) in [5.41, 5.74) is 3.80. The Kier molecular flexibility index (Phi) is 3.88. The van der Waals surface area contributed by atoms with E-state index < -0.39 is 17.3 Å². The normalized spacial score (nSPS) is 17.7. The molecule has 0 saturated carbocycles. The third kappa shape index (κ3) is 2.53. The van der Waals surface area contributed by atoms with Crippen molar-refractivity contribution in [2.45, 2.75) is 24.0 Å². The van der Waals surface area contributed by atoms with Gasteiger partial charge in [0.05, 0.1) is 11.4 Å². The van der Waals surface area contributed by atoms with E-state index in [-0.39, 0.29) is 0 Å². The highest BCUT2D eigenvalue weighted by Gasteiger charge is 2.29. The molecule has 0 amide bonds. The largest absolute Gasteiger partial charge is 0.612 e. The van der Waals surface area contributed by atoms with E-state index in [2.05, 4.69) is 9.55 Å². The number of aliphatic hydroxyl groups excluding tert-OH is 1. The molecule has 0 saturated heterocycles. The molecule has 1 aliphatic heterocycles. The summed E-state index contributed by atoms with van der Waals surface area (Å²) >= 11 is -1.00. The molecule has 2 aromatic heterocycles. The van der Waals surface area contributed by atoms with Gasteiger partial charge in [-0.05, 0) is 54.0 Å². The second-order valence-corrected chi connectivity index (χ2v) is 7.22. The molecule has 2 atom stereocenters. The van der Waals surface area contributed by atoms with Crippen molar-refractivity contribution in [3.05, 3.63) is 54.6 Å². The van der Waals surface area contributed by atoms with Gasteiger partial charge in [-0.25, -0.2) is 4.98 Å². The number of benzene rings is 1. The minimum Gasteiger partial charge on any atom is -0.612 e. The lowest BCUT2D eigenvalue weighted by molar-refractivity contribution is 0.176. The van der Waals surface area contributed by atoms with Crippen LogP contribution in [0.5, 0.6) is 0 Å². The van der Waals surface area contributed by atoms with Gasteiger partial charge < -0.3 is 14.2 Å². The summed E-state index contributed by atoms with van der Waals surface area (Å²) < 4.78 is 13.7. The van der Waals surface area contributed by atoms with Crippen LogP contribution in [0.4, 0.5) is 0 Å². The van der Waals surface area contributed by atoms with E-state index in [0.29, 0.717) is 12.2 Å². The summed E-state index contributed by atoms with van der Waals surface area (Å²) in [6, 6.07) is 11.5. The maximum absolute atomic E-state index is 11.6. The fraction of sp³-hybridized carbons (Fsp3) is 0.222. The van der Waals surface area contributed by atoms with Crippen LogP contribution in [0, 0.1) is 0 Å². The van der Waals surface area contributed by atoms with Crippen LogP contribution < -0.4 is 0 Å². The van der Waals surface area contributed by atoms with Gasteiger partial charge in [0.25, 0.3) is 0 Å². The Morgan fingerprint density at radius 3 is 2.50 bits per heavy atom. The van der Waals surface area contributed by atoms with Gasteiger partial charge in [0.15, 0.2) is 4.90 Å². The zero-order valence-electron chi connectivity index (χ0n) is 13.2. The molecule has 0 aliphatic carbocycles. The van der Waals surface area contributed by atoms with Crippen molar-refractivity contribution < 1.29 is 9.66 Å². The van der Waals surface area contributed by atoms with Crippen molar-refractivity contribution in [2.24, 2.45) is 0 Å². The molecule has 0 spiro atoms. The highest BCUT2D eigenvalue weighted by Crippen LogP contribution is 2.38. The van der Waals surface area contributed by atoms with Crippen LogP contribution in [-0.2, 0) is 17.7 Å². The lowest BCUT2D eigenvalue weighted by atomic mass is 10.1. The molecule has 2 unspecified atom stereocenters. The molecule has 1 aromatic carbocycles. The maximum Gasteiger partial charge on any atom is 0.152 e. The van der Waals surface area contributed by atoms with Gasteiger partial charge in [0.2, 0.25) is 0 Å². The van der Waals surface area contributed by atoms with Crippen LogP contribution in [0.2, 0.25) is 0 Å². The molecule has 3 aromatic rings. The van der Waals surface area contributed by atoms with Crippen LogP contribution in [0.1, 0.15) is 18.3 Å². The van der Waals surface area contributed by atoms with Crippen LogP contribution in [0.3, 0.4) is 0 Å². The van der Waals surface area contributed by atoms with E-state index in [0.717, 1.165) is 34.0 Å². The number of fused-ring (bicyclic) bond motifs is 1. The van der Waals surface area contributed by atoms with Crippen molar-refractivity contribution in [1.82, 2.24) is 14.5 Å². The number of imidazole rings is 1. The molecule has 1 aliphatic rings. The number of nitrogens with zero attached hydrogens (tertiary/aromatic N) is 3. The summed E-state index contributed by atoms with van der Waals surface area (Å²) in [5, 5.41) is 10.2. The van der Waals surface area contributed by atoms with Crippen molar-refractivity contribution in [3.8, 4) is 22.5 Å². The molecule has 5 nitrogen and oxygen atoms in total. The van der Waals surface area contributed by atoms with Crippen molar-refractivity contribution >= 4 is 11.2 Å². The minimum absolute atomic E-state index is 0.526. The first-order valence-electron chi connectivity index (χ1n) is 7.78. The summed E-state index contributed by atoms with van der Waals surface area (Å²) in [6.45, 7) is 0.748. The second-order valence-electron chi connectivity index (χ2n) is 5.84. The second kappa shape index (κ2) is 6.05. The predicted molar refractivity (Wildman–Crippen MR) is 92.8 cm³/mol. The smallest absolute Gasteiger partial charge is 0.152 e. The number of hydrogen-bond acceptors (Lipinski definition) is 4. The minimum atomic E-state index is -1.00. The van der Waals surface area contributed by atoms with E-state index in [1.807, 2.05) is 36.4 Å². The first-order valence-corrected chi connectivity index (χ1v) is 9.33. The highest BCUT2D eigenvalue weighted by molar-refractivity contribution is 7.90. The quantitative estimate of drug-likeness (QED) is 0.745. The highest BCUT2D eigenvalue weighted by atomic mass is 32.2. The molecule has 4 rings (SSSR count). The average Bonchev–Trinajstić information content (AvgIpc) is 3.16. The van der Waals surface area contributed by atoms with Crippen molar-refractivity contribution in [1.29, 1.82) is 0 Å². The van der Waals surface area contributed by atoms with Crippen molar-refractivity contribution in [3.63, 3.8) is 0 Å². The maximum atomic E-state index is 11.6. The molecule has 6 heteroatoms. The Labute approximate surface area is 143 Å². The number of pyridine rings is 1. The Bertz CT molecular complexity index is 860. The number of hydrogen-bond donors (Lipinski definition) is 1. The van der Waals surface area contributed by atoms with Crippen LogP contribution in [-0.4, -0.2) is 30.5 Å². The molecule has 3 heterocycles. The van der Waals surface area contributed by atoms with Gasteiger partial charge in [-0.2, -0.15) is 0 Å². The van der Waals surface area contributed by atoms with Crippen LogP contribution in [0.25, 0.3) is 22.5 Å². The third-order valence-corrected chi connectivity index (χ3v) is 5.27. The van der Waals surface area contributed by atoms with Gasteiger partial charge in [0, 0.05) is 30.1 Å². The lowest BCUT2D eigenvalue weighted by Crippen LogP contribution is -1.97. The molecule has 1 N–H and O–H groups in total. The molecular weight excluding hydrogens is 322 g/mol. The third-order valence-electron chi connectivity index (χ3n) is 4.33. The Morgan fingerprint density at radius 2 is 1.83 bits per heavy atom. The lowest BCUT2D eigenvalue weighted by Gasteiger charge is -2.09. The zero-order chi connectivity index (χ0) is 16.7. The van der Waals surface area contributed by atoms with E-state index >= 15 is 0 Å². The summed E-state index contributed by atoms with van der Waals surface area (Å²) in [6.07, 6.45) is 5.34. The van der Waals surface area contributed by atoms with E-state index in [4.69, 9.17) is 4.98 Å². The SMILES string of the molecule is C[S+]([O-])c1ccc(-c2nc3n(c2-c2ccncc2)CCC3O)cc1. The molecule has 0 fully saturated rings. The summed E-state index contributed by atoms with van der Waals surface area (Å²) in [4.78, 5) is 9.58. The zero-order valence-corrected chi connectivity index (χ0v) is 14.0. The van der Waals surface area contributed by atoms with Crippen molar-refractivity contribution in [2.75, 3.05) is 6.26 Å². The molecule has 0 bridgehead atoms. The van der Waals surface area contributed by atoms with Gasteiger partial charge in [-0.15, -0.1) is 0 Å². The monoisotopic (exact) mass is 339 g/mol. The fourth-order valence-electron chi connectivity index (χ4n) is 3.14. The van der Waals surface area contributed by atoms with Crippen LogP contribution >= 0.6 is 0 Å². The number of aromatic nitrogens is 3. The molecule has 24 heavy (non-hydrogen) atoms. The molecule has 0 radical (unpaired) electrons. The van der Waals surface area contributed by atoms with Gasteiger partial charge in [0.1, 0.15) is 18.2 Å². The number of aliphatic hydroxyl groups is 1. The first kappa shape index (κ1) is 15.4. The van der Waals surface area contributed by atoms with Gasteiger partial charge >= 0.3 is 0 Å². The van der Waals surface area contributed by atoms with E-state index in [1.165, 1.54) is 0 Å². The van der Waals surface area contributed by atoms with Crippen LogP contribution in [0.15, 0.2) is 53.7 Å². The number of rotatable bonds is 3. The standard InChI is InChI=1S/C18H17N3O2S/c1-24(23)14-4-2-12(3-5-14)16-17(13-6-9-19-10-7-13)21-11-8-15(22)18(21)20-16/h2-7,9-10,15,22H,8,11H2,1H3. The predicted octanol–water partition coefficient (Wildman–Crippen LogP) is 2.79. The van der Waals surface area contributed by atoms with E-state index in [1.54, 1.807) is 18.6 Å². The Hall–Kier alpha value is -2.15. The molecule has 122 valence electrons. The Balaban J connectivity index is 1.88. The summed E-state index contributed by atoms with van der Waals surface area (Å²) in [5.74, 6) is 0.708. The fourth-order valence-corrected chi connectivity index (χ4v) is 3.66. The van der Waals surface area contributed by atoms with Gasteiger partial charge in [-0.1, -0.05) is 0 Å².